The highest BCUT2D eigenvalue weighted by Crippen LogP contribution is 2.32. The van der Waals surface area contributed by atoms with E-state index in [4.69, 9.17) is 0 Å². The number of benzene rings is 1. The van der Waals surface area contributed by atoms with E-state index in [1.165, 1.54) is 12.1 Å². The van der Waals surface area contributed by atoms with Crippen LogP contribution in [0.25, 0.3) is 21.8 Å². The number of nitrogens with one attached hydrogen (secondary N) is 1. The molecule has 0 spiro atoms. The maximum Gasteiger partial charge on any atom is 0.191 e. The van der Waals surface area contributed by atoms with Gasteiger partial charge in [-0.1, -0.05) is 0 Å². The number of hydrogen-bond donors (Lipinski definition) is 1. The number of likely N-dealkylation sites (N-methyl/N-ethyl adjacent to an activating group) is 1. The predicted molar refractivity (Wildman–Crippen MR) is 88.0 cm³/mol. The minimum Gasteiger partial charge on any atom is -0.335 e. The minimum absolute atomic E-state index is 0.0317. The number of aromatic nitrogens is 2. The highest BCUT2D eigenvalue weighted by molar-refractivity contribution is 6.08. The van der Waals surface area contributed by atoms with Gasteiger partial charge in [0.15, 0.2) is 11.4 Å². The topological polar surface area (TPSA) is 41.0 Å². The lowest BCUT2D eigenvalue weighted by Crippen LogP contribution is -2.22. The lowest BCUT2D eigenvalue weighted by molar-refractivity contribution is 0.344. The first kappa shape index (κ1) is 14.8. The van der Waals surface area contributed by atoms with E-state index in [1.54, 1.807) is 12.1 Å². The Kier molecular flexibility index (Phi) is 3.53. The first-order valence-corrected chi connectivity index (χ1v) is 7.36. The standard InChI is InChI=1S/C17H20FN3O/c1-10(9-20(3)4)21-15-7-12(22)5-6-13(15)14-8-16(18)19-11(2)17(14)21/h5-8,10,19H,9H2,1-4H3. The second-order valence-corrected chi connectivity index (χ2v) is 6.16. The normalized spacial score (nSPS) is 13.4. The van der Waals surface area contributed by atoms with E-state index in [2.05, 4.69) is 21.4 Å². The number of aromatic amines is 1. The Morgan fingerprint density at radius 1 is 1.27 bits per heavy atom. The van der Waals surface area contributed by atoms with Crippen LogP contribution in [0.15, 0.2) is 29.1 Å². The zero-order chi connectivity index (χ0) is 16.0. The third-order valence-corrected chi connectivity index (χ3v) is 4.02. The van der Waals surface area contributed by atoms with Gasteiger partial charge >= 0.3 is 0 Å². The molecule has 5 heteroatoms. The number of aryl methyl sites for hydroxylation is 1. The lowest BCUT2D eigenvalue weighted by Gasteiger charge is -2.21. The Labute approximate surface area is 128 Å². The fourth-order valence-corrected chi connectivity index (χ4v) is 3.31. The van der Waals surface area contributed by atoms with Crippen LogP contribution in [0.3, 0.4) is 0 Å². The molecule has 116 valence electrons. The van der Waals surface area contributed by atoms with Crippen LogP contribution in [0.5, 0.6) is 0 Å². The zero-order valence-corrected chi connectivity index (χ0v) is 13.3. The number of pyridine rings is 1. The molecule has 1 N–H and O–H groups in total. The van der Waals surface area contributed by atoms with Crippen LogP contribution in [0, 0.1) is 12.9 Å². The maximum atomic E-state index is 13.8. The second-order valence-electron chi connectivity index (χ2n) is 6.16. The first-order chi connectivity index (χ1) is 10.4. The van der Waals surface area contributed by atoms with Crippen molar-refractivity contribution in [3.05, 3.63) is 46.1 Å². The van der Waals surface area contributed by atoms with Crippen molar-refractivity contribution in [2.75, 3.05) is 20.6 Å². The van der Waals surface area contributed by atoms with Gasteiger partial charge in [-0.05, 0) is 40.1 Å². The van der Waals surface area contributed by atoms with Crippen LogP contribution in [0.1, 0.15) is 18.7 Å². The van der Waals surface area contributed by atoms with E-state index in [-0.39, 0.29) is 17.4 Å². The second kappa shape index (κ2) is 5.25. The molecule has 1 aromatic carbocycles. The van der Waals surface area contributed by atoms with E-state index in [0.29, 0.717) is 0 Å². The summed E-state index contributed by atoms with van der Waals surface area (Å²) in [7, 11) is 4.03. The molecular weight excluding hydrogens is 281 g/mol. The summed E-state index contributed by atoms with van der Waals surface area (Å²) >= 11 is 0. The van der Waals surface area contributed by atoms with Gasteiger partial charge in [0.2, 0.25) is 0 Å². The molecule has 0 bridgehead atoms. The molecule has 2 heterocycles. The van der Waals surface area contributed by atoms with Crippen LogP contribution >= 0.6 is 0 Å². The van der Waals surface area contributed by atoms with Gasteiger partial charge in [0.05, 0.1) is 11.0 Å². The molecular formula is C17H20FN3O. The summed E-state index contributed by atoms with van der Waals surface area (Å²) in [5.74, 6) is -0.365. The van der Waals surface area contributed by atoms with Gasteiger partial charge in [0, 0.05) is 41.2 Å². The summed E-state index contributed by atoms with van der Waals surface area (Å²) < 4.78 is 15.9. The molecule has 0 aliphatic heterocycles. The number of rotatable bonds is 3. The molecule has 3 aromatic rings. The Bertz CT molecular complexity index is 908. The predicted octanol–water partition coefficient (Wildman–Crippen LogP) is 3.05. The van der Waals surface area contributed by atoms with Crippen molar-refractivity contribution >= 4 is 21.8 Å². The third kappa shape index (κ3) is 2.31. The molecule has 1 unspecified atom stereocenters. The fourth-order valence-electron chi connectivity index (χ4n) is 3.31. The number of H-pyrrole nitrogens is 1. The van der Waals surface area contributed by atoms with Crippen LogP contribution in [0.4, 0.5) is 4.39 Å². The molecule has 0 saturated carbocycles. The monoisotopic (exact) mass is 301 g/mol. The van der Waals surface area contributed by atoms with Crippen molar-refractivity contribution < 1.29 is 4.39 Å². The smallest absolute Gasteiger partial charge is 0.191 e. The Morgan fingerprint density at radius 2 is 2.00 bits per heavy atom. The minimum atomic E-state index is -0.365. The Morgan fingerprint density at radius 3 is 2.68 bits per heavy atom. The van der Waals surface area contributed by atoms with Gasteiger partial charge in [-0.25, -0.2) is 0 Å². The first-order valence-electron chi connectivity index (χ1n) is 7.36. The third-order valence-electron chi connectivity index (χ3n) is 4.02. The number of hydrogen-bond acceptors (Lipinski definition) is 2. The molecule has 0 radical (unpaired) electrons. The maximum absolute atomic E-state index is 13.8. The lowest BCUT2D eigenvalue weighted by atomic mass is 10.1. The summed E-state index contributed by atoms with van der Waals surface area (Å²) in [6.07, 6.45) is 0. The summed E-state index contributed by atoms with van der Waals surface area (Å²) in [5.41, 5.74) is 2.55. The van der Waals surface area contributed by atoms with E-state index in [1.807, 2.05) is 21.0 Å². The largest absolute Gasteiger partial charge is 0.335 e. The molecule has 3 rings (SSSR count). The quantitative estimate of drug-likeness (QED) is 0.755. The molecule has 0 aliphatic rings. The van der Waals surface area contributed by atoms with Gasteiger partial charge in [-0.3, -0.25) is 4.79 Å². The fraction of sp³-hybridized carbons (Fsp3) is 0.353. The summed E-state index contributed by atoms with van der Waals surface area (Å²) in [6.45, 7) is 4.80. The number of nitrogens with zero attached hydrogens (tertiary/aromatic N) is 2. The van der Waals surface area contributed by atoms with Gasteiger partial charge in [0.1, 0.15) is 0 Å². The molecule has 1 atom stereocenters. The Balaban J connectivity index is 2.44. The summed E-state index contributed by atoms with van der Waals surface area (Å²) in [5, 5.41) is 1.76. The molecule has 4 nitrogen and oxygen atoms in total. The molecule has 0 fully saturated rings. The number of fused-ring (bicyclic) bond motifs is 3. The van der Waals surface area contributed by atoms with Crippen molar-refractivity contribution in [2.45, 2.75) is 19.9 Å². The van der Waals surface area contributed by atoms with E-state index in [0.717, 1.165) is 34.0 Å². The highest BCUT2D eigenvalue weighted by Gasteiger charge is 2.18. The van der Waals surface area contributed by atoms with E-state index in [9.17, 15) is 9.18 Å². The average Bonchev–Trinajstić information content (AvgIpc) is 2.71. The van der Waals surface area contributed by atoms with Crippen molar-refractivity contribution in [3.63, 3.8) is 0 Å². The van der Waals surface area contributed by atoms with E-state index < -0.39 is 0 Å². The van der Waals surface area contributed by atoms with Gasteiger partial charge in [-0.2, -0.15) is 4.39 Å². The molecule has 0 aliphatic carbocycles. The van der Waals surface area contributed by atoms with E-state index >= 15 is 0 Å². The van der Waals surface area contributed by atoms with Crippen LogP contribution in [-0.4, -0.2) is 35.1 Å². The van der Waals surface area contributed by atoms with Crippen LogP contribution in [-0.2, 0) is 0 Å². The van der Waals surface area contributed by atoms with Gasteiger partial charge in [0.25, 0.3) is 0 Å². The molecule has 0 saturated heterocycles. The van der Waals surface area contributed by atoms with Crippen LogP contribution in [0.2, 0.25) is 0 Å². The van der Waals surface area contributed by atoms with Crippen molar-refractivity contribution in [1.82, 2.24) is 14.5 Å². The number of halogens is 1. The zero-order valence-electron chi connectivity index (χ0n) is 13.3. The van der Waals surface area contributed by atoms with Crippen LogP contribution < -0.4 is 5.43 Å². The van der Waals surface area contributed by atoms with Crippen molar-refractivity contribution in [1.29, 1.82) is 0 Å². The van der Waals surface area contributed by atoms with Gasteiger partial charge in [-0.15, -0.1) is 0 Å². The molecule has 0 amide bonds. The molecule has 22 heavy (non-hydrogen) atoms. The SMILES string of the molecule is Cc1[nH]c(F)cc2c3ccc(=O)cc3n(C(C)CN(C)C)c12. The average molecular weight is 301 g/mol. The van der Waals surface area contributed by atoms with Crippen molar-refractivity contribution in [2.24, 2.45) is 0 Å². The Hall–Kier alpha value is -2.14. The summed E-state index contributed by atoms with van der Waals surface area (Å²) in [4.78, 5) is 16.7. The van der Waals surface area contributed by atoms with Crippen molar-refractivity contribution in [3.8, 4) is 0 Å². The van der Waals surface area contributed by atoms with Gasteiger partial charge < -0.3 is 14.5 Å². The highest BCUT2D eigenvalue weighted by atomic mass is 19.1. The molecule has 2 aromatic heterocycles. The summed E-state index contributed by atoms with van der Waals surface area (Å²) in [6, 6.07) is 6.63.